The molecule has 0 spiro atoms. The van der Waals surface area contributed by atoms with Gasteiger partial charge in [-0.15, -0.1) is 0 Å². The first-order chi connectivity index (χ1) is 3.00. The third-order valence-corrected chi connectivity index (χ3v) is 0.667. The maximum Gasteiger partial charge on any atom is -0.0623 e. The molecular weight excluding hydrogens is 138 g/mol. The molecule has 6 N–H and O–H groups in total. The van der Waals surface area contributed by atoms with Crippen molar-refractivity contribution in [1.29, 1.82) is 0 Å². The summed E-state index contributed by atoms with van der Waals surface area (Å²) in [5.41, 5.74) is 0. The lowest BCUT2D eigenvalue weighted by Gasteiger charge is -1.69. The first-order valence-electron chi connectivity index (χ1n) is 2.00. The van der Waals surface area contributed by atoms with Gasteiger partial charge in [-0.25, -0.2) is 0 Å². The smallest absolute Gasteiger partial charge is 0.0623 e. The molecule has 4 heteroatoms. The molecule has 0 aliphatic rings. The Balaban J connectivity index is -0.0000000450. The van der Waals surface area contributed by atoms with E-state index in [1.54, 1.807) is 0 Å². The minimum atomic E-state index is 0. The van der Waals surface area contributed by atoms with Gasteiger partial charge in [0.1, 0.15) is 0 Å². The Morgan fingerprint density at radius 3 is 0.600 bits per heavy atom. The molecule has 0 radical (unpaired) electrons. The fourth-order valence-electron chi connectivity index (χ4n) is 0.385. The Labute approximate surface area is 59.2 Å². The van der Waals surface area contributed by atoms with Gasteiger partial charge in [0.15, 0.2) is 0 Å². The van der Waals surface area contributed by atoms with E-state index in [0.717, 1.165) is 0 Å². The van der Waals surface area contributed by atoms with Gasteiger partial charge in [-0.3, -0.25) is 9.41 Å². The van der Waals surface area contributed by atoms with E-state index < -0.39 is 0 Å². The summed E-state index contributed by atoms with van der Waals surface area (Å²) in [6.07, 6.45) is 0. The second-order valence-electron chi connectivity index (χ2n) is 1.15. The lowest BCUT2D eigenvalue weighted by Crippen LogP contribution is -1.47. The second-order valence-corrected chi connectivity index (χ2v) is 1.15. The fraction of sp³-hybridized carbons (Fsp3) is 0. The van der Waals surface area contributed by atoms with Crippen LogP contribution >= 0.6 is 0 Å². The largest absolute Gasteiger partial charge is 0.344 e. The summed E-state index contributed by atoms with van der Waals surface area (Å²) in [5.74, 6) is 0. The van der Waals surface area contributed by atoms with E-state index in [4.69, 9.17) is 0 Å². The highest BCUT2D eigenvalue weighted by Crippen LogP contribution is 1.79. The Morgan fingerprint density at radius 1 is 0.400 bits per heavy atom. The van der Waals surface area contributed by atoms with Gasteiger partial charge < -0.3 is 12.3 Å². The van der Waals surface area contributed by atoms with Crippen LogP contribution in [0.15, 0.2) is 36.4 Å². The van der Waals surface area contributed by atoms with E-state index in [0.29, 0.717) is 0 Å². The molecule has 10 heavy (non-hydrogen) atoms. The summed E-state index contributed by atoms with van der Waals surface area (Å²) in [6, 6.07) is 12.0. The molecule has 0 atom stereocenters. The first-order valence-corrected chi connectivity index (χ1v) is 2.00. The van der Waals surface area contributed by atoms with Gasteiger partial charge in [0.2, 0.25) is 0 Å². The minimum Gasteiger partial charge on any atom is -0.344 e. The number of benzene rings is 1. The molecule has 2 nitrogen and oxygen atoms in total. The van der Waals surface area contributed by atoms with Crippen LogP contribution in [0.1, 0.15) is 0 Å². The van der Waals surface area contributed by atoms with E-state index in [2.05, 4.69) is 0 Å². The Morgan fingerprint density at radius 2 is 0.500 bits per heavy atom. The zero-order valence-corrected chi connectivity index (χ0v) is 5.69. The summed E-state index contributed by atoms with van der Waals surface area (Å²) in [7, 11) is 0. The Hall–Kier alpha value is -1.00. The van der Waals surface area contributed by atoms with Gasteiger partial charge in [0.25, 0.3) is 0 Å². The van der Waals surface area contributed by atoms with E-state index in [-0.39, 0.29) is 21.7 Å². The highest BCUT2D eigenvalue weighted by atomic mass is 19.0. The van der Waals surface area contributed by atoms with Gasteiger partial charge >= 0.3 is 0 Å². The second kappa shape index (κ2) is 15.7. The van der Waals surface area contributed by atoms with Crippen LogP contribution < -0.4 is 12.3 Å². The Bertz CT molecular complexity index is 85.7. The average Bonchev–Trinajstić information content (AvgIpc) is 1.72. The molecule has 0 saturated heterocycles. The normalized spacial score (nSPS) is 4.80. The van der Waals surface area contributed by atoms with Gasteiger partial charge in [0, 0.05) is 0 Å². The maximum absolute atomic E-state index is 2.00. The standard InChI is InChI=1S/C6H6.2FH.2H3N/c1-2-4-6-5-3-1;;;;/h1-6H;2*1H;2*1H3. The minimum absolute atomic E-state index is 0. The zero-order valence-electron chi connectivity index (χ0n) is 5.69. The van der Waals surface area contributed by atoms with Crippen molar-refractivity contribution in [3.8, 4) is 0 Å². The summed E-state index contributed by atoms with van der Waals surface area (Å²) < 4.78 is 0. The van der Waals surface area contributed by atoms with Crippen molar-refractivity contribution >= 4 is 0 Å². The van der Waals surface area contributed by atoms with Gasteiger partial charge in [-0.05, 0) is 0 Å². The van der Waals surface area contributed by atoms with E-state index in [1.807, 2.05) is 36.4 Å². The molecule has 0 unspecified atom stereocenters. The van der Waals surface area contributed by atoms with Crippen LogP contribution in [0.25, 0.3) is 0 Å². The summed E-state index contributed by atoms with van der Waals surface area (Å²) in [6.45, 7) is 0. The van der Waals surface area contributed by atoms with Crippen molar-refractivity contribution in [3.63, 3.8) is 0 Å². The maximum atomic E-state index is 2.00. The molecule has 0 fully saturated rings. The van der Waals surface area contributed by atoms with Crippen molar-refractivity contribution in [3.05, 3.63) is 36.4 Å². The van der Waals surface area contributed by atoms with Gasteiger partial charge in [-0.2, -0.15) is 0 Å². The molecule has 0 aromatic heterocycles. The summed E-state index contributed by atoms with van der Waals surface area (Å²) >= 11 is 0. The van der Waals surface area contributed by atoms with E-state index in [9.17, 15) is 0 Å². The van der Waals surface area contributed by atoms with Crippen LogP contribution in [0.3, 0.4) is 0 Å². The van der Waals surface area contributed by atoms with Gasteiger partial charge in [0.05, 0.1) is 0 Å². The van der Waals surface area contributed by atoms with Crippen LogP contribution in [-0.4, -0.2) is 0 Å². The highest BCUT2D eigenvalue weighted by molar-refractivity contribution is 4.99. The SMILES string of the molecule is F.F.N.N.c1ccccc1. The monoisotopic (exact) mass is 152 g/mol. The molecule has 0 aliphatic carbocycles. The number of hydrogen-bond acceptors (Lipinski definition) is 2. The van der Waals surface area contributed by atoms with Gasteiger partial charge in [-0.1, -0.05) is 36.4 Å². The molecule has 0 bridgehead atoms. The molecule has 1 rings (SSSR count). The molecule has 0 amide bonds. The third kappa shape index (κ3) is 10.1. The van der Waals surface area contributed by atoms with E-state index in [1.165, 1.54) is 0 Å². The van der Waals surface area contributed by atoms with E-state index >= 15 is 0 Å². The lowest BCUT2D eigenvalue weighted by molar-refractivity contribution is 1.11. The fourth-order valence-corrected chi connectivity index (χ4v) is 0.385. The first kappa shape index (κ1) is 23.0. The lowest BCUT2D eigenvalue weighted by atomic mass is 10.4. The quantitative estimate of drug-likeness (QED) is 0.598. The molecule has 1 aromatic carbocycles. The van der Waals surface area contributed by atoms with Crippen LogP contribution in [0.4, 0.5) is 9.41 Å². The van der Waals surface area contributed by atoms with Crippen molar-refractivity contribution in [2.45, 2.75) is 0 Å². The zero-order chi connectivity index (χ0) is 4.24. The predicted molar refractivity (Wildman–Crippen MR) is 41.5 cm³/mol. The summed E-state index contributed by atoms with van der Waals surface area (Å²) in [5, 5.41) is 0. The molecular formula is C6H14F2N2. The highest BCUT2D eigenvalue weighted by Gasteiger charge is 1.57. The predicted octanol–water partition coefficient (Wildman–Crippen LogP) is 2.32. The molecule has 0 aliphatic heterocycles. The third-order valence-electron chi connectivity index (χ3n) is 0.667. The van der Waals surface area contributed by atoms with Crippen LogP contribution in [-0.2, 0) is 0 Å². The van der Waals surface area contributed by atoms with Crippen molar-refractivity contribution < 1.29 is 9.41 Å². The number of hydrogen-bond donors (Lipinski definition) is 2. The Kier molecular flexibility index (Phi) is 36.1. The van der Waals surface area contributed by atoms with Crippen LogP contribution in [0.5, 0.6) is 0 Å². The van der Waals surface area contributed by atoms with Crippen molar-refractivity contribution in [1.82, 2.24) is 12.3 Å². The molecule has 0 heterocycles. The topological polar surface area (TPSA) is 70.0 Å². The van der Waals surface area contributed by atoms with Crippen molar-refractivity contribution in [2.75, 3.05) is 0 Å². The van der Waals surface area contributed by atoms with Crippen molar-refractivity contribution in [2.24, 2.45) is 0 Å². The molecule has 62 valence electrons. The number of halogens is 2. The average molecular weight is 152 g/mol. The van der Waals surface area contributed by atoms with Crippen LogP contribution in [0, 0.1) is 0 Å². The summed E-state index contributed by atoms with van der Waals surface area (Å²) in [4.78, 5) is 0. The number of rotatable bonds is 0. The van der Waals surface area contributed by atoms with Crippen LogP contribution in [0.2, 0.25) is 0 Å². The molecule has 1 aromatic rings. The molecule has 0 saturated carbocycles.